The minimum absolute atomic E-state index is 0.00574. The van der Waals surface area contributed by atoms with Gasteiger partial charge in [0.15, 0.2) is 6.10 Å². The lowest BCUT2D eigenvalue weighted by molar-refractivity contribution is -0.141. The lowest BCUT2D eigenvalue weighted by Crippen LogP contribution is -2.45. The quantitative estimate of drug-likeness (QED) is 0.461. The van der Waals surface area contributed by atoms with Crippen molar-refractivity contribution in [3.63, 3.8) is 0 Å². The lowest BCUT2D eigenvalue weighted by Gasteiger charge is -2.39. The van der Waals surface area contributed by atoms with Crippen molar-refractivity contribution in [3.05, 3.63) is 64.6 Å². The van der Waals surface area contributed by atoms with Gasteiger partial charge in [0.2, 0.25) is 0 Å². The second-order valence-corrected chi connectivity index (χ2v) is 9.92. The summed E-state index contributed by atoms with van der Waals surface area (Å²) in [6.07, 6.45) is 2.71. The van der Waals surface area contributed by atoms with Crippen molar-refractivity contribution < 1.29 is 22.7 Å². The Morgan fingerprint density at radius 1 is 1.23 bits per heavy atom. The zero-order valence-electron chi connectivity index (χ0n) is 18.7. The first-order valence-electron chi connectivity index (χ1n) is 11.4. The molecule has 1 unspecified atom stereocenters. The van der Waals surface area contributed by atoms with Crippen LogP contribution in [0.25, 0.3) is 0 Å². The normalized spacial score (nSPS) is 27.3. The van der Waals surface area contributed by atoms with Crippen molar-refractivity contribution >= 4 is 29.4 Å². The molecule has 6 rings (SSSR count). The zero-order chi connectivity index (χ0) is 24.8. The summed E-state index contributed by atoms with van der Waals surface area (Å²) in [5.41, 5.74) is 0.977. The summed E-state index contributed by atoms with van der Waals surface area (Å²) in [5.74, 6) is 0.878. The number of rotatable bonds is 6. The van der Waals surface area contributed by atoms with Gasteiger partial charge in [-0.25, -0.2) is 4.98 Å². The van der Waals surface area contributed by atoms with E-state index in [1.165, 1.54) is 12.3 Å². The van der Waals surface area contributed by atoms with Gasteiger partial charge in [0, 0.05) is 28.9 Å². The maximum atomic E-state index is 12.9. The van der Waals surface area contributed by atoms with Gasteiger partial charge in [-0.1, -0.05) is 11.6 Å². The molecule has 1 amide bonds. The third-order valence-electron chi connectivity index (χ3n) is 7.29. The second-order valence-electron chi connectivity index (χ2n) is 9.48. The van der Waals surface area contributed by atoms with Gasteiger partial charge in [-0.05, 0) is 79.5 Å². The number of allylic oxidation sites excluding steroid dienone is 1. The number of ether oxygens (including phenoxy) is 1. The van der Waals surface area contributed by atoms with Crippen LogP contribution in [0.15, 0.2) is 48.3 Å². The predicted molar refractivity (Wildman–Crippen MR) is 126 cm³/mol. The van der Waals surface area contributed by atoms with Gasteiger partial charge in [0.1, 0.15) is 11.4 Å². The van der Waals surface area contributed by atoms with Crippen molar-refractivity contribution in [1.82, 2.24) is 10.3 Å². The van der Waals surface area contributed by atoms with Crippen LogP contribution >= 0.6 is 11.6 Å². The highest BCUT2D eigenvalue weighted by atomic mass is 35.5. The fraction of sp³-hybridized carbons (Fsp3) is 0.400. The van der Waals surface area contributed by atoms with Gasteiger partial charge in [0.05, 0.1) is 11.9 Å². The molecule has 3 aliphatic carbocycles. The first-order chi connectivity index (χ1) is 16.7. The number of aryl methyl sites for hydroxylation is 1. The number of hydrogen-bond acceptors (Lipinski definition) is 5. The van der Waals surface area contributed by atoms with Crippen molar-refractivity contribution in [2.75, 3.05) is 5.32 Å². The molecule has 6 nitrogen and oxygen atoms in total. The average molecular weight is 505 g/mol. The average Bonchev–Trinajstić information content (AvgIpc) is 3.34. The summed E-state index contributed by atoms with van der Waals surface area (Å²) in [6.45, 7) is 0. The van der Waals surface area contributed by atoms with E-state index in [1.54, 1.807) is 18.3 Å². The first-order valence-corrected chi connectivity index (χ1v) is 11.8. The third-order valence-corrected chi connectivity index (χ3v) is 7.52. The lowest BCUT2D eigenvalue weighted by atomic mass is 9.65. The van der Waals surface area contributed by atoms with Crippen LogP contribution in [0, 0.1) is 16.7 Å². The molecule has 2 bridgehead atoms. The predicted octanol–water partition coefficient (Wildman–Crippen LogP) is 5.38. The molecule has 3 fully saturated rings. The molecule has 0 radical (unpaired) electrons. The highest BCUT2D eigenvalue weighted by molar-refractivity contribution is 6.30. The highest BCUT2D eigenvalue weighted by Crippen LogP contribution is 2.62. The molecule has 2 heterocycles. The van der Waals surface area contributed by atoms with Crippen LogP contribution in [-0.4, -0.2) is 29.3 Å². The number of aromatic nitrogens is 1. The van der Waals surface area contributed by atoms with E-state index in [0.717, 1.165) is 42.7 Å². The van der Waals surface area contributed by atoms with E-state index in [2.05, 4.69) is 15.6 Å². The summed E-state index contributed by atoms with van der Waals surface area (Å²) in [4.78, 5) is 16.4. The molecule has 4 aliphatic rings. The summed E-state index contributed by atoms with van der Waals surface area (Å²) in [7, 11) is 0. The first kappa shape index (κ1) is 23.7. The van der Waals surface area contributed by atoms with Gasteiger partial charge in [-0.2, -0.15) is 13.2 Å². The molecule has 0 saturated heterocycles. The Hall–Kier alpha value is -3.07. The van der Waals surface area contributed by atoms with Crippen molar-refractivity contribution in [2.45, 2.75) is 50.4 Å². The number of anilines is 1. The molecule has 1 aliphatic heterocycles. The SMILES string of the molecule is N=C/C(=C\Nc1ccc(C(F)(F)F)nc1)C12CC(C1)C(NC(=O)[C@H]1CCc3cc(Cl)ccc3O1)C2. The van der Waals surface area contributed by atoms with Gasteiger partial charge in [-0.3, -0.25) is 4.79 Å². The van der Waals surface area contributed by atoms with Crippen LogP contribution < -0.4 is 15.4 Å². The Balaban J connectivity index is 1.20. The monoisotopic (exact) mass is 504 g/mol. The van der Waals surface area contributed by atoms with Gasteiger partial charge >= 0.3 is 6.18 Å². The third kappa shape index (κ3) is 4.61. The number of carbonyl (C=O) groups is 1. The molecule has 2 aromatic rings. The van der Waals surface area contributed by atoms with Gasteiger partial charge < -0.3 is 20.8 Å². The molecule has 0 spiro atoms. The summed E-state index contributed by atoms with van der Waals surface area (Å²) < 4.78 is 44.0. The molecule has 184 valence electrons. The molecular weight excluding hydrogens is 481 g/mol. The number of carbonyl (C=O) groups excluding carboxylic acids is 1. The van der Waals surface area contributed by atoms with Crippen LogP contribution in [0.2, 0.25) is 5.02 Å². The molecule has 2 atom stereocenters. The van der Waals surface area contributed by atoms with Crippen LogP contribution in [0.4, 0.5) is 18.9 Å². The fourth-order valence-electron chi connectivity index (χ4n) is 5.48. The van der Waals surface area contributed by atoms with Crippen molar-refractivity contribution in [1.29, 1.82) is 5.41 Å². The van der Waals surface area contributed by atoms with E-state index in [9.17, 15) is 18.0 Å². The minimum atomic E-state index is -4.49. The number of fused-ring (bicyclic) bond motifs is 2. The maximum absolute atomic E-state index is 12.9. The number of amides is 1. The number of nitrogens with one attached hydrogen (secondary N) is 3. The number of pyridine rings is 1. The Morgan fingerprint density at radius 2 is 2.03 bits per heavy atom. The maximum Gasteiger partial charge on any atom is 0.433 e. The van der Waals surface area contributed by atoms with E-state index in [-0.39, 0.29) is 17.4 Å². The summed E-state index contributed by atoms with van der Waals surface area (Å²) >= 11 is 6.04. The number of halogens is 4. The Labute approximate surface area is 205 Å². The van der Waals surface area contributed by atoms with Gasteiger partial charge in [0.25, 0.3) is 5.91 Å². The summed E-state index contributed by atoms with van der Waals surface area (Å²) in [5, 5.41) is 14.7. The van der Waals surface area contributed by atoms with Gasteiger partial charge in [-0.15, -0.1) is 0 Å². The molecule has 10 heteroatoms. The molecule has 3 saturated carbocycles. The van der Waals surface area contributed by atoms with E-state index >= 15 is 0 Å². The smallest absolute Gasteiger partial charge is 0.433 e. The zero-order valence-corrected chi connectivity index (χ0v) is 19.4. The van der Waals surface area contributed by atoms with E-state index in [1.807, 2.05) is 6.07 Å². The van der Waals surface area contributed by atoms with Crippen LogP contribution in [-0.2, 0) is 17.4 Å². The minimum Gasteiger partial charge on any atom is -0.480 e. The Morgan fingerprint density at radius 3 is 2.71 bits per heavy atom. The fourth-order valence-corrected chi connectivity index (χ4v) is 5.67. The van der Waals surface area contributed by atoms with Crippen LogP contribution in [0.1, 0.15) is 36.9 Å². The van der Waals surface area contributed by atoms with E-state index in [0.29, 0.717) is 35.2 Å². The second kappa shape index (κ2) is 8.86. The largest absolute Gasteiger partial charge is 0.480 e. The standard InChI is InChI=1S/C25H24ClF3N4O2/c26-17-2-5-20-14(7-17)1-4-21(35-20)23(34)33-19-10-24(8-15(19)9-24)16(11-30)12-31-18-3-6-22(32-13-18)25(27,28)29/h2-3,5-7,11-13,15,19,21,30-31H,1,4,8-10H2,(H,33,34)/b16-12+,30-11?/t15?,19?,21-,24?/m1/s1. The van der Waals surface area contributed by atoms with Crippen LogP contribution in [0.5, 0.6) is 5.75 Å². The molecule has 1 aromatic carbocycles. The number of benzene rings is 1. The number of alkyl halides is 3. The molecule has 35 heavy (non-hydrogen) atoms. The molecule has 3 N–H and O–H groups in total. The van der Waals surface area contributed by atoms with E-state index in [4.69, 9.17) is 21.7 Å². The van der Waals surface area contributed by atoms with Crippen molar-refractivity contribution in [2.24, 2.45) is 11.3 Å². The summed E-state index contributed by atoms with van der Waals surface area (Å²) in [6, 6.07) is 7.62. The number of hydrogen-bond donors (Lipinski definition) is 3. The Bertz CT molecular complexity index is 1180. The van der Waals surface area contributed by atoms with Crippen LogP contribution in [0.3, 0.4) is 0 Å². The van der Waals surface area contributed by atoms with Crippen molar-refractivity contribution in [3.8, 4) is 5.75 Å². The molecule has 1 aromatic heterocycles. The topological polar surface area (TPSA) is 87.1 Å². The van der Waals surface area contributed by atoms with E-state index < -0.39 is 18.0 Å². The number of nitrogens with zero attached hydrogens (tertiary/aromatic N) is 1. The Kier molecular flexibility index (Phi) is 5.99. The molecular formula is C25H24ClF3N4O2. The highest BCUT2D eigenvalue weighted by Gasteiger charge is 2.58.